The van der Waals surface area contributed by atoms with Crippen LogP contribution in [0.3, 0.4) is 0 Å². The standard InChI is InChI=1S/C24H15F9O4S3/c1-2-36-15-9-7-13(8-10-15)14-11-16(20-19(12-14)38-17-5-3-4-6-18(17)39-20)37-40(34,35)24(32,33)22(27,28)21(25,26)23(29,30)31/h3-12H,2H2,1H3. The molecule has 0 saturated carbocycles. The SMILES string of the molecule is CCOc1ccc(-c2cc(OS(=O)(=O)C(F)(F)C(F)(F)C(F)(F)C(F)(F)F)c3c(c2)Sc2ccccc2S3)cc1. The van der Waals surface area contributed by atoms with E-state index in [0.29, 0.717) is 27.7 Å². The fraction of sp³-hybridized carbons (Fsp3) is 0.250. The summed E-state index contributed by atoms with van der Waals surface area (Å²) in [5.74, 6) is -15.3. The van der Waals surface area contributed by atoms with Gasteiger partial charge in [0.05, 0.1) is 11.5 Å². The topological polar surface area (TPSA) is 52.6 Å². The van der Waals surface area contributed by atoms with Crippen LogP contribution in [0.5, 0.6) is 11.5 Å². The van der Waals surface area contributed by atoms with Gasteiger partial charge in [-0.05, 0) is 54.4 Å². The summed E-state index contributed by atoms with van der Waals surface area (Å²) in [4.78, 5) is 1.19. The Bertz CT molecular complexity index is 1520. The predicted octanol–water partition coefficient (Wildman–Crippen LogP) is 8.50. The van der Waals surface area contributed by atoms with E-state index in [1.807, 2.05) is 0 Å². The molecule has 0 saturated heterocycles. The Morgan fingerprint density at radius 2 is 1.30 bits per heavy atom. The van der Waals surface area contributed by atoms with Crippen LogP contribution in [0.2, 0.25) is 0 Å². The number of ether oxygens (including phenoxy) is 1. The maximum absolute atomic E-state index is 14.4. The van der Waals surface area contributed by atoms with Crippen molar-refractivity contribution in [2.75, 3.05) is 6.61 Å². The van der Waals surface area contributed by atoms with Crippen molar-refractivity contribution in [2.45, 2.75) is 49.8 Å². The summed E-state index contributed by atoms with van der Waals surface area (Å²) in [6.45, 7) is 2.08. The number of halogens is 9. The van der Waals surface area contributed by atoms with Gasteiger partial charge in [-0.2, -0.15) is 47.9 Å². The highest BCUT2D eigenvalue weighted by Gasteiger charge is 2.86. The molecule has 0 amide bonds. The average molecular weight is 635 g/mol. The number of rotatable bonds is 8. The molecule has 1 heterocycles. The lowest BCUT2D eigenvalue weighted by molar-refractivity contribution is -0.382. The van der Waals surface area contributed by atoms with Gasteiger partial charge in [0, 0.05) is 14.7 Å². The molecule has 0 radical (unpaired) electrons. The Kier molecular flexibility index (Phi) is 7.77. The molecule has 0 fully saturated rings. The Morgan fingerprint density at radius 1 is 0.725 bits per heavy atom. The maximum atomic E-state index is 14.4. The van der Waals surface area contributed by atoms with Crippen molar-refractivity contribution < 1.29 is 56.9 Å². The van der Waals surface area contributed by atoms with E-state index in [9.17, 15) is 47.9 Å². The van der Waals surface area contributed by atoms with Gasteiger partial charge in [0.15, 0.2) is 5.75 Å². The average Bonchev–Trinajstić information content (AvgIpc) is 2.87. The zero-order valence-electron chi connectivity index (χ0n) is 19.7. The summed E-state index contributed by atoms with van der Waals surface area (Å²) in [5.41, 5.74) is 0.494. The molecule has 0 bridgehead atoms. The molecule has 3 aromatic carbocycles. The minimum absolute atomic E-state index is 0.134. The Balaban J connectivity index is 1.82. The first-order chi connectivity index (χ1) is 18.4. The van der Waals surface area contributed by atoms with Gasteiger partial charge in [-0.3, -0.25) is 0 Å². The Labute approximate surface area is 230 Å². The number of fused-ring (bicyclic) bond motifs is 2. The monoisotopic (exact) mass is 634 g/mol. The van der Waals surface area contributed by atoms with Crippen LogP contribution in [0, 0.1) is 0 Å². The normalized spacial score (nSPS) is 14.3. The molecule has 40 heavy (non-hydrogen) atoms. The molecular weight excluding hydrogens is 619 g/mol. The van der Waals surface area contributed by atoms with Crippen LogP contribution in [-0.4, -0.2) is 38.3 Å². The summed E-state index contributed by atoms with van der Waals surface area (Å²) in [6.07, 6.45) is -7.20. The van der Waals surface area contributed by atoms with Crippen molar-refractivity contribution in [1.29, 1.82) is 0 Å². The lowest BCUT2D eigenvalue weighted by Gasteiger charge is -2.32. The fourth-order valence-electron chi connectivity index (χ4n) is 3.43. The second-order valence-electron chi connectivity index (χ2n) is 8.11. The van der Waals surface area contributed by atoms with Crippen LogP contribution in [-0.2, 0) is 10.1 Å². The third-order valence-electron chi connectivity index (χ3n) is 5.43. The van der Waals surface area contributed by atoms with Gasteiger partial charge < -0.3 is 8.92 Å². The van der Waals surface area contributed by atoms with Crippen molar-refractivity contribution in [2.24, 2.45) is 0 Å². The quantitative estimate of drug-likeness (QED) is 0.143. The molecule has 4 rings (SSSR count). The second kappa shape index (κ2) is 10.3. The molecule has 0 unspecified atom stereocenters. The zero-order valence-corrected chi connectivity index (χ0v) is 22.2. The molecule has 0 N–H and O–H groups in total. The first-order valence-electron chi connectivity index (χ1n) is 10.9. The van der Waals surface area contributed by atoms with E-state index in [1.54, 1.807) is 31.2 Å². The summed E-state index contributed by atoms with van der Waals surface area (Å²) >= 11 is 1.84. The molecule has 3 aromatic rings. The molecule has 0 spiro atoms. The minimum Gasteiger partial charge on any atom is -0.494 e. The van der Waals surface area contributed by atoms with Crippen molar-refractivity contribution in [3.63, 3.8) is 0 Å². The van der Waals surface area contributed by atoms with E-state index in [0.717, 1.165) is 29.6 Å². The molecule has 0 atom stereocenters. The Hall–Kier alpha value is -2.72. The number of hydrogen-bond acceptors (Lipinski definition) is 6. The third kappa shape index (κ3) is 5.09. The minimum atomic E-state index is -7.42. The first kappa shape index (κ1) is 30.2. The zero-order chi connectivity index (χ0) is 29.7. The summed E-state index contributed by atoms with van der Waals surface area (Å²) in [7, 11) is -7.14. The molecule has 0 aliphatic carbocycles. The van der Waals surface area contributed by atoms with E-state index < -0.39 is 39.1 Å². The Morgan fingerprint density at radius 3 is 1.85 bits per heavy atom. The second-order valence-corrected chi connectivity index (χ2v) is 11.8. The number of benzene rings is 3. The highest BCUT2D eigenvalue weighted by Crippen LogP contribution is 2.57. The highest BCUT2D eigenvalue weighted by atomic mass is 32.2. The first-order valence-corrected chi connectivity index (χ1v) is 14.0. The van der Waals surface area contributed by atoms with Crippen LogP contribution in [0.25, 0.3) is 11.1 Å². The van der Waals surface area contributed by atoms with Crippen LogP contribution in [0.15, 0.2) is 80.2 Å². The highest BCUT2D eigenvalue weighted by molar-refractivity contribution is 8.05. The number of hydrogen-bond donors (Lipinski definition) is 0. The van der Waals surface area contributed by atoms with Gasteiger partial charge in [-0.25, -0.2) is 0 Å². The molecule has 0 aromatic heterocycles. The van der Waals surface area contributed by atoms with Gasteiger partial charge in [0.25, 0.3) is 0 Å². The van der Waals surface area contributed by atoms with Crippen LogP contribution in [0.1, 0.15) is 6.92 Å². The lowest BCUT2D eigenvalue weighted by atomic mass is 10.1. The van der Waals surface area contributed by atoms with E-state index in [1.165, 1.54) is 30.3 Å². The number of alkyl halides is 9. The summed E-state index contributed by atoms with van der Waals surface area (Å²) in [5, 5.41) is -6.99. The van der Waals surface area contributed by atoms with E-state index >= 15 is 0 Å². The smallest absolute Gasteiger partial charge is 0.460 e. The summed E-state index contributed by atoms with van der Waals surface area (Å²) < 4.78 is 156. The van der Waals surface area contributed by atoms with E-state index in [4.69, 9.17) is 4.74 Å². The molecule has 4 nitrogen and oxygen atoms in total. The molecule has 216 valence electrons. The summed E-state index contributed by atoms with van der Waals surface area (Å²) in [6, 6.07) is 15.0. The van der Waals surface area contributed by atoms with Gasteiger partial charge in [-0.15, -0.1) is 0 Å². The van der Waals surface area contributed by atoms with Gasteiger partial charge in [0.1, 0.15) is 5.75 Å². The third-order valence-corrected chi connectivity index (χ3v) is 9.29. The largest absolute Gasteiger partial charge is 0.494 e. The van der Waals surface area contributed by atoms with Crippen LogP contribution in [0.4, 0.5) is 39.5 Å². The fourth-order valence-corrected chi connectivity index (χ4v) is 6.72. The van der Waals surface area contributed by atoms with Crippen molar-refractivity contribution in [1.82, 2.24) is 0 Å². The van der Waals surface area contributed by atoms with Crippen LogP contribution < -0.4 is 8.92 Å². The predicted molar refractivity (Wildman–Crippen MR) is 128 cm³/mol. The molecule has 1 aliphatic heterocycles. The van der Waals surface area contributed by atoms with Gasteiger partial charge in [-0.1, -0.05) is 47.8 Å². The van der Waals surface area contributed by atoms with Crippen LogP contribution >= 0.6 is 23.5 Å². The molecule has 16 heteroatoms. The lowest BCUT2D eigenvalue weighted by Crippen LogP contribution is -2.63. The van der Waals surface area contributed by atoms with Crippen molar-refractivity contribution >= 4 is 33.6 Å². The van der Waals surface area contributed by atoms with Crippen molar-refractivity contribution in [3.8, 4) is 22.6 Å². The molecule has 1 aliphatic rings. The van der Waals surface area contributed by atoms with Gasteiger partial charge >= 0.3 is 33.4 Å². The van der Waals surface area contributed by atoms with E-state index in [2.05, 4.69) is 4.18 Å². The van der Waals surface area contributed by atoms with Gasteiger partial charge in [0.2, 0.25) is 0 Å². The van der Waals surface area contributed by atoms with Crippen molar-refractivity contribution in [3.05, 3.63) is 60.7 Å². The maximum Gasteiger partial charge on any atom is 0.460 e. The molecular formula is C24H15F9O4S3. The van der Waals surface area contributed by atoms with E-state index in [-0.39, 0.29) is 15.4 Å².